The number of morpholine rings is 1. The Balaban J connectivity index is 1.70. The summed E-state index contributed by atoms with van der Waals surface area (Å²) in [6, 6.07) is 0. The molecule has 26 heavy (non-hydrogen) atoms. The van der Waals surface area contributed by atoms with Crippen LogP contribution in [0, 0.1) is 0 Å². The quantitative estimate of drug-likeness (QED) is 0.753. The van der Waals surface area contributed by atoms with E-state index in [1.54, 1.807) is 17.9 Å². The summed E-state index contributed by atoms with van der Waals surface area (Å²) in [6.07, 6.45) is 2.63. The first-order chi connectivity index (χ1) is 12.3. The van der Waals surface area contributed by atoms with Crippen LogP contribution in [0.15, 0.2) is 15.9 Å². The molecule has 2 aromatic rings. The molecule has 142 valence electrons. The highest BCUT2D eigenvalue weighted by atomic mass is 16.5. The number of ether oxygens (including phenoxy) is 1. The summed E-state index contributed by atoms with van der Waals surface area (Å²) in [7, 11) is 3.04. The summed E-state index contributed by atoms with van der Waals surface area (Å²) in [4.78, 5) is 42.8. The van der Waals surface area contributed by atoms with E-state index in [0.29, 0.717) is 43.6 Å². The molecule has 9 heteroatoms. The molecule has 0 spiro atoms. The maximum absolute atomic E-state index is 12.4. The number of aromatic nitrogens is 4. The standard InChI is InChI=1S/C17H25N5O4/c1-11-8-22(9-12(2)26-11)13(23)6-5-7-21-10-18-15-14(21)16(24)20(4)17(25)19(15)3/h10-12H,5-9H2,1-4H3/t11-,12+. The Bertz CT molecular complexity index is 931. The second-order valence-corrected chi connectivity index (χ2v) is 6.98. The topological polar surface area (TPSA) is 91.4 Å². The van der Waals surface area contributed by atoms with Gasteiger partial charge in [-0.25, -0.2) is 9.78 Å². The largest absolute Gasteiger partial charge is 0.372 e. The zero-order chi connectivity index (χ0) is 19.0. The molecule has 1 aliphatic heterocycles. The molecule has 2 atom stereocenters. The predicted octanol–water partition coefficient (Wildman–Crippen LogP) is -0.150. The lowest BCUT2D eigenvalue weighted by Crippen LogP contribution is -2.48. The van der Waals surface area contributed by atoms with Crippen LogP contribution in [0.5, 0.6) is 0 Å². The van der Waals surface area contributed by atoms with Gasteiger partial charge in [-0.3, -0.25) is 18.7 Å². The average molecular weight is 363 g/mol. The Hall–Kier alpha value is -2.42. The zero-order valence-corrected chi connectivity index (χ0v) is 15.6. The Kier molecular flexibility index (Phi) is 4.99. The van der Waals surface area contributed by atoms with E-state index in [2.05, 4.69) is 4.98 Å². The van der Waals surface area contributed by atoms with Gasteiger partial charge in [-0.15, -0.1) is 0 Å². The molecule has 9 nitrogen and oxygen atoms in total. The van der Waals surface area contributed by atoms with Crippen molar-refractivity contribution in [2.24, 2.45) is 14.1 Å². The smallest absolute Gasteiger partial charge is 0.332 e. The number of amides is 1. The molecule has 0 aromatic carbocycles. The van der Waals surface area contributed by atoms with Gasteiger partial charge in [0.1, 0.15) is 0 Å². The van der Waals surface area contributed by atoms with Gasteiger partial charge in [-0.1, -0.05) is 0 Å². The molecular formula is C17H25N5O4. The van der Waals surface area contributed by atoms with E-state index in [4.69, 9.17) is 4.74 Å². The van der Waals surface area contributed by atoms with Gasteiger partial charge in [0.05, 0.1) is 18.5 Å². The number of nitrogens with zero attached hydrogens (tertiary/aromatic N) is 5. The SMILES string of the molecule is C[C@@H]1CN(C(=O)CCCn2cnc3c2c(=O)n(C)c(=O)n3C)C[C@H](C)O1. The third kappa shape index (κ3) is 3.31. The number of hydrogen-bond donors (Lipinski definition) is 0. The highest BCUT2D eigenvalue weighted by Gasteiger charge is 2.25. The van der Waals surface area contributed by atoms with Gasteiger partial charge in [0.15, 0.2) is 11.2 Å². The number of carbonyl (C=O) groups excluding carboxylic acids is 1. The Labute approximate surface area is 150 Å². The number of imidazole rings is 1. The van der Waals surface area contributed by atoms with Gasteiger partial charge >= 0.3 is 5.69 Å². The number of fused-ring (bicyclic) bond motifs is 1. The molecule has 0 aliphatic carbocycles. The predicted molar refractivity (Wildman–Crippen MR) is 96.0 cm³/mol. The van der Waals surface area contributed by atoms with Gasteiger partial charge in [0.2, 0.25) is 5.91 Å². The van der Waals surface area contributed by atoms with Crippen molar-refractivity contribution in [3.8, 4) is 0 Å². The van der Waals surface area contributed by atoms with E-state index in [-0.39, 0.29) is 23.7 Å². The van der Waals surface area contributed by atoms with Crippen LogP contribution in [0.1, 0.15) is 26.7 Å². The maximum Gasteiger partial charge on any atom is 0.332 e. The van der Waals surface area contributed by atoms with Gasteiger partial charge in [0, 0.05) is 40.2 Å². The van der Waals surface area contributed by atoms with Crippen LogP contribution in [-0.4, -0.2) is 54.8 Å². The maximum atomic E-state index is 12.4. The van der Waals surface area contributed by atoms with Gasteiger partial charge in [-0.2, -0.15) is 0 Å². The molecule has 1 aliphatic rings. The first kappa shape index (κ1) is 18.4. The lowest BCUT2D eigenvalue weighted by molar-refractivity contribution is -0.143. The van der Waals surface area contributed by atoms with Crippen LogP contribution in [0.3, 0.4) is 0 Å². The molecule has 3 heterocycles. The highest BCUT2D eigenvalue weighted by Crippen LogP contribution is 2.13. The molecule has 0 bridgehead atoms. The first-order valence-electron chi connectivity index (χ1n) is 8.83. The highest BCUT2D eigenvalue weighted by molar-refractivity contribution is 5.76. The summed E-state index contributed by atoms with van der Waals surface area (Å²) in [5, 5.41) is 0. The van der Waals surface area contributed by atoms with E-state index >= 15 is 0 Å². The van der Waals surface area contributed by atoms with Gasteiger partial charge in [0.25, 0.3) is 5.56 Å². The van der Waals surface area contributed by atoms with Crippen LogP contribution < -0.4 is 11.2 Å². The Morgan fingerprint density at radius 3 is 2.50 bits per heavy atom. The molecule has 1 fully saturated rings. The molecule has 0 N–H and O–H groups in total. The summed E-state index contributed by atoms with van der Waals surface area (Å²) >= 11 is 0. The summed E-state index contributed by atoms with van der Waals surface area (Å²) in [6.45, 7) is 5.64. The normalized spacial score (nSPS) is 20.7. The van der Waals surface area contributed by atoms with E-state index in [1.165, 1.54) is 11.6 Å². The second-order valence-electron chi connectivity index (χ2n) is 6.98. The lowest BCUT2D eigenvalue weighted by Gasteiger charge is -2.35. The number of rotatable bonds is 4. The fourth-order valence-corrected chi connectivity index (χ4v) is 3.51. The minimum Gasteiger partial charge on any atom is -0.372 e. The minimum atomic E-state index is -0.404. The van der Waals surface area contributed by atoms with Crippen molar-refractivity contribution in [2.75, 3.05) is 13.1 Å². The molecule has 2 aromatic heterocycles. The Morgan fingerprint density at radius 1 is 1.19 bits per heavy atom. The summed E-state index contributed by atoms with van der Waals surface area (Å²) in [5.41, 5.74) is -0.0304. The van der Waals surface area contributed by atoms with Crippen molar-refractivity contribution in [3.63, 3.8) is 0 Å². The van der Waals surface area contributed by atoms with Gasteiger partial charge in [-0.05, 0) is 20.3 Å². The van der Waals surface area contributed by atoms with E-state index in [9.17, 15) is 14.4 Å². The third-order valence-corrected chi connectivity index (χ3v) is 4.78. The van der Waals surface area contributed by atoms with Crippen molar-refractivity contribution in [2.45, 2.75) is 45.4 Å². The minimum absolute atomic E-state index is 0.0459. The van der Waals surface area contributed by atoms with E-state index < -0.39 is 5.69 Å². The van der Waals surface area contributed by atoms with Crippen LogP contribution >= 0.6 is 0 Å². The molecule has 1 amide bonds. The average Bonchev–Trinajstić information content (AvgIpc) is 3.01. The van der Waals surface area contributed by atoms with Crippen LogP contribution in [-0.2, 0) is 30.2 Å². The van der Waals surface area contributed by atoms with Crippen LogP contribution in [0.4, 0.5) is 0 Å². The fourth-order valence-electron chi connectivity index (χ4n) is 3.51. The molecule has 0 saturated carbocycles. The molecule has 0 unspecified atom stereocenters. The van der Waals surface area contributed by atoms with Crippen molar-refractivity contribution >= 4 is 17.1 Å². The fraction of sp³-hybridized carbons (Fsp3) is 0.647. The van der Waals surface area contributed by atoms with E-state index in [0.717, 1.165) is 4.57 Å². The summed E-state index contributed by atoms with van der Waals surface area (Å²) in [5.74, 6) is 0.0942. The van der Waals surface area contributed by atoms with Crippen molar-refractivity contribution in [1.82, 2.24) is 23.6 Å². The van der Waals surface area contributed by atoms with Crippen LogP contribution in [0.25, 0.3) is 11.2 Å². The van der Waals surface area contributed by atoms with Crippen molar-refractivity contribution in [1.29, 1.82) is 0 Å². The Morgan fingerprint density at radius 2 is 1.85 bits per heavy atom. The van der Waals surface area contributed by atoms with Gasteiger partial charge < -0.3 is 14.2 Å². The second kappa shape index (κ2) is 7.06. The monoisotopic (exact) mass is 363 g/mol. The molecule has 3 rings (SSSR count). The first-order valence-corrected chi connectivity index (χ1v) is 8.83. The number of carbonyl (C=O) groups is 1. The van der Waals surface area contributed by atoms with Crippen molar-refractivity contribution < 1.29 is 9.53 Å². The molecular weight excluding hydrogens is 338 g/mol. The van der Waals surface area contributed by atoms with Crippen molar-refractivity contribution in [3.05, 3.63) is 27.2 Å². The number of aryl methyl sites for hydroxylation is 2. The third-order valence-electron chi connectivity index (χ3n) is 4.78. The van der Waals surface area contributed by atoms with E-state index in [1.807, 2.05) is 18.7 Å². The zero-order valence-electron chi connectivity index (χ0n) is 15.6. The molecule has 0 radical (unpaired) electrons. The lowest BCUT2D eigenvalue weighted by atomic mass is 10.2. The summed E-state index contributed by atoms with van der Waals surface area (Å²) < 4.78 is 9.80. The molecule has 1 saturated heterocycles. The number of hydrogen-bond acceptors (Lipinski definition) is 5. The van der Waals surface area contributed by atoms with Crippen LogP contribution in [0.2, 0.25) is 0 Å².